The summed E-state index contributed by atoms with van der Waals surface area (Å²) in [5.74, 6) is 0.0956. The van der Waals surface area contributed by atoms with Gasteiger partial charge in [-0.2, -0.15) is 0 Å². The summed E-state index contributed by atoms with van der Waals surface area (Å²) in [5.41, 5.74) is 0.339. The predicted octanol–water partition coefficient (Wildman–Crippen LogP) is 0.483. The average molecular weight is 348 g/mol. The minimum absolute atomic E-state index is 0.0956. The maximum atomic E-state index is 11.4. The number of β-amino-alcohol motifs (C(OH)–C–C–N with tert-alkyl or cyclic N) is 1. The van der Waals surface area contributed by atoms with E-state index in [4.69, 9.17) is 4.74 Å². The highest BCUT2D eigenvalue weighted by Gasteiger charge is 2.36. The highest BCUT2D eigenvalue weighted by atomic mass is 16.5. The molecule has 3 rings (SSSR count). The zero-order valence-corrected chi connectivity index (χ0v) is 14.9. The molecule has 0 saturated carbocycles. The second kappa shape index (κ2) is 8.21. The van der Waals surface area contributed by atoms with Crippen molar-refractivity contribution in [3.05, 3.63) is 24.3 Å². The van der Waals surface area contributed by atoms with Gasteiger partial charge in [0.05, 0.1) is 18.3 Å². The zero-order valence-electron chi connectivity index (χ0n) is 14.9. The maximum Gasteiger partial charge on any atom is 0.219 e. The third kappa shape index (κ3) is 5.20. The summed E-state index contributed by atoms with van der Waals surface area (Å²) in [6.45, 7) is 5.93. The standard InChI is InChI=1S/C18H28N4O3/c1-15(23)22-8-5-18(24,6-9-22)13-21-10-11-25-17(12-21)3-2-16-4-7-19-14-20-16/h4,7,14,17,24H,2-3,5-6,8-13H2,1H3/t17-/m0/s1. The fourth-order valence-corrected chi connectivity index (χ4v) is 3.69. The van der Waals surface area contributed by atoms with Gasteiger partial charge in [-0.15, -0.1) is 0 Å². The monoisotopic (exact) mass is 348 g/mol. The Bertz CT molecular complexity index is 561. The number of hydrogen-bond donors (Lipinski definition) is 1. The van der Waals surface area contributed by atoms with Crippen LogP contribution in [0.5, 0.6) is 0 Å². The lowest BCUT2D eigenvalue weighted by atomic mass is 9.90. The van der Waals surface area contributed by atoms with E-state index in [1.807, 2.05) is 11.0 Å². The maximum absolute atomic E-state index is 11.4. The number of carbonyl (C=O) groups excluding carboxylic acids is 1. The number of nitrogens with zero attached hydrogens (tertiary/aromatic N) is 4. The molecule has 0 radical (unpaired) electrons. The summed E-state index contributed by atoms with van der Waals surface area (Å²) < 4.78 is 5.88. The number of aryl methyl sites for hydroxylation is 1. The van der Waals surface area contributed by atoms with Crippen LogP contribution >= 0.6 is 0 Å². The number of hydrogen-bond acceptors (Lipinski definition) is 6. The van der Waals surface area contributed by atoms with E-state index < -0.39 is 5.60 Å². The fourth-order valence-electron chi connectivity index (χ4n) is 3.69. The van der Waals surface area contributed by atoms with Crippen LogP contribution in [0.3, 0.4) is 0 Å². The summed E-state index contributed by atoms with van der Waals surface area (Å²) in [5, 5.41) is 10.9. The van der Waals surface area contributed by atoms with Crippen LogP contribution < -0.4 is 0 Å². The number of morpholine rings is 1. The van der Waals surface area contributed by atoms with Crippen molar-refractivity contribution >= 4 is 5.91 Å². The molecular formula is C18H28N4O3. The number of carbonyl (C=O) groups is 1. The average Bonchev–Trinajstić information content (AvgIpc) is 2.61. The van der Waals surface area contributed by atoms with Crippen LogP contribution in [-0.2, 0) is 16.0 Å². The van der Waals surface area contributed by atoms with Crippen LogP contribution in [0.4, 0.5) is 0 Å². The molecule has 1 amide bonds. The van der Waals surface area contributed by atoms with Crippen LogP contribution in [0, 0.1) is 0 Å². The molecule has 1 atom stereocenters. The Morgan fingerprint density at radius 2 is 2.20 bits per heavy atom. The van der Waals surface area contributed by atoms with E-state index in [1.165, 1.54) is 0 Å². The van der Waals surface area contributed by atoms with Crippen LogP contribution in [0.1, 0.15) is 31.9 Å². The van der Waals surface area contributed by atoms with Gasteiger partial charge in [-0.25, -0.2) is 9.97 Å². The fraction of sp³-hybridized carbons (Fsp3) is 0.722. The van der Waals surface area contributed by atoms with Gasteiger partial charge in [-0.3, -0.25) is 9.69 Å². The van der Waals surface area contributed by atoms with Crippen molar-refractivity contribution in [3.8, 4) is 0 Å². The van der Waals surface area contributed by atoms with Crippen molar-refractivity contribution < 1.29 is 14.6 Å². The molecule has 1 aromatic heterocycles. The number of likely N-dealkylation sites (tertiary alicyclic amines) is 1. The molecular weight excluding hydrogens is 320 g/mol. The van der Waals surface area contributed by atoms with E-state index >= 15 is 0 Å². The highest BCUT2D eigenvalue weighted by Crippen LogP contribution is 2.24. The summed E-state index contributed by atoms with van der Waals surface area (Å²) in [4.78, 5) is 23.8. The molecule has 1 N–H and O–H groups in total. The normalized spacial score (nSPS) is 24.2. The van der Waals surface area contributed by atoms with Crippen LogP contribution in [0.2, 0.25) is 0 Å². The smallest absolute Gasteiger partial charge is 0.219 e. The van der Waals surface area contributed by atoms with E-state index in [0.717, 1.165) is 31.6 Å². The molecule has 25 heavy (non-hydrogen) atoms. The number of amides is 1. The topological polar surface area (TPSA) is 78.8 Å². The Morgan fingerprint density at radius 3 is 2.88 bits per heavy atom. The van der Waals surface area contributed by atoms with Crippen molar-refractivity contribution in [1.82, 2.24) is 19.8 Å². The summed E-state index contributed by atoms with van der Waals surface area (Å²) in [7, 11) is 0. The number of aromatic nitrogens is 2. The third-order valence-electron chi connectivity index (χ3n) is 5.25. The molecule has 2 aliphatic rings. The number of piperidine rings is 1. The van der Waals surface area contributed by atoms with Crippen molar-refractivity contribution in [2.45, 2.75) is 44.3 Å². The van der Waals surface area contributed by atoms with Gasteiger partial charge in [0, 0.05) is 51.5 Å². The SMILES string of the molecule is CC(=O)N1CCC(O)(CN2CCO[C@@H](CCc3ccncn3)C2)CC1. The largest absolute Gasteiger partial charge is 0.388 e. The third-order valence-corrected chi connectivity index (χ3v) is 5.25. The van der Waals surface area contributed by atoms with Crippen molar-refractivity contribution in [2.24, 2.45) is 0 Å². The van der Waals surface area contributed by atoms with Gasteiger partial charge in [0.25, 0.3) is 0 Å². The number of rotatable bonds is 5. The van der Waals surface area contributed by atoms with Gasteiger partial charge in [-0.1, -0.05) is 0 Å². The quantitative estimate of drug-likeness (QED) is 0.834. The molecule has 2 fully saturated rings. The molecule has 2 saturated heterocycles. The lowest BCUT2D eigenvalue weighted by Crippen LogP contribution is -2.54. The Labute approximate surface area is 149 Å². The van der Waals surface area contributed by atoms with Crippen LogP contribution in [0.25, 0.3) is 0 Å². The van der Waals surface area contributed by atoms with Crippen molar-refractivity contribution in [1.29, 1.82) is 0 Å². The van der Waals surface area contributed by atoms with Gasteiger partial charge < -0.3 is 14.7 Å². The molecule has 0 spiro atoms. The molecule has 0 aliphatic carbocycles. The zero-order chi connectivity index (χ0) is 17.7. The molecule has 2 aliphatic heterocycles. The number of aliphatic hydroxyl groups is 1. The molecule has 138 valence electrons. The van der Waals surface area contributed by atoms with Crippen molar-refractivity contribution in [2.75, 3.05) is 39.3 Å². The van der Waals surface area contributed by atoms with Gasteiger partial charge in [0.1, 0.15) is 6.33 Å². The first kappa shape index (κ1) is 18.2. The lowest BCUT2D eigenvalue weighted by molar-refractivity contribution is -0.134. The Kier molecular flexibility index (Phi) is 5.98. The van der Waals surface area contributed by atoms with E-state index in [-0.39, 0.29) is 12.0 Å². The van der Waals surface area contributed by atoms with E-state index in [1.54, 1.807) is 19.4 Å². The lowest BCUT2D eigenvalue weighted by Gasteiger charge is -2.42. The Balaban J connectivity index is 1.46. The molecule has 0 aromatic carbocycles. The second-order valence-electron chi connectivity index (χ2n) is 7.20. The van der Waals surface area contributed by atoms with Crippen LogP contribution in [-0.4, -0.2) is 81.8 Å². The predicted molar refractivity (Wildman–Crippen MR) is 93.0 cm³/mol. The van der Waals surface area contributed by atoms with Gasteiger partial charge in [0.15, 0.2) is 0 Å². The first-order chi connectivity index (χ1) is 12.0. The van der Waals surface area contributed by atoms with Gasteiger partial charge >= 0.3 is 0 Å². The Morgan fingerprint density at radius 1 is 1.40 bits per heavy atom. The molecule has 0 unspecified atom stereocenters. The molecule has 3 heterocycles. The number of ether oxygens (including phenoxy) is 1. The van der Waals surface area contributed by atoms with E-state index in [9.17, 15) is 9.90 Å². The highest BCUT2D eigenvalue weighted by molar-refractivity contribution is 5.73. The van der Waals surface area contributed by atoms with Crippen molar-refractivity contribution in [3.63, 3.8) is 0 Å². The minimum Gasteiger partial charge on any atom is -0.388 e. The molecule has 7 nitrogen and oxygen atoms in total. The summed E-state index contributed by atoms with van der Waals surface area (Å²) in [6.07, 6.45) is 6.60. The first-order valence-electron chi connectivity index (χ1n) is 9.11. The first-order valence-corrected chi connectivity index (χ1v) is 9.11. The second-order valence-corrected chi connectivity index (χ2v) is 7.20. The van der Waals surface area contributed by atoms with E-state index in [2.05, 4.69) is 14.9 Å². The minimum atomic E-state index is -0.694. The Hall–Kier alpha value is -1.57. The van der Waals surface area contributed by atoms with E-state index in [0.29, 0.717) is 39.1 Å². The van der Waals surface area contributed by atoms with Crippen LogP contribution in [0.15, 0.2) is 18.6 Å². The summed E-state index contributed by atoms with van der Waals surface area (Å²) >= 11 is 0. The van der Waals surface area contributed by atoms with Gasteiger partial charge in [0.2, 0.25) is 5.91 Å². The molecule has 1 aromatic rings. The van der Waals surface area contributed by atoms with Gasteiger partial charge in [-0.05, 0) is 31.7 Å². The molecule has 7 heteroatoms. The molecule has 0 bridgehead atoms. The summed E-state index contributed by atoms with van der Waals surface area (Å²) in [6, 6.07) is 1.94.